The Hall–Kier alpha value is -3.55. The first-order chi connectivity index (χ1) is 12.4. The molecule has 0 aliphatic heterocycles. The molecule has 8 nitrogen and oxygen atoms in total. The number of nitrogens with one attached hydrogen (secondary N) is 1. The monoisotopic (exact) mass is 350 g/mol. The van der Waals surface area contributed by atoms with E-state index >= 15 is 0 Å². The minimum atomic E-state index is -0.503. The van der Waals surface area contributed by atoms with Crippen molar-refractivity contribution in [2.45, 2.75) is 20.4 Å². The standard InChI is InChI=1S/C18H18N6O2/c1-11-4-3-5-12(2)16(11)20-15(25)10-24-22-18(21-23-24)14-8-6-13(7-9-14)17(19)26/h3-9H,10H2,1-2H3,(H2,19,26)(H,20,25). The molecular formula is C18H18N6O2. The summed E-state index contributed by atoms with van der Waals surface area (Å²) in [5, 5.41) is 14.9. The molecule has 0 aliphatic carbocycles. The molecule has 3 rings (SSSR count). The van der Waals surface area contributed by atoms with E-state index in [4.69, 9.17) is 5.73 Å². The molecule has 0 saturated heterocycles. The van der Waals surface area contributed by atoms with Crippen LogP contribution in [0.3, 0.4) is 0 Å². The Bertz CT molecular complexity index is 942. The second-order valence-electron chi connectivity index (χ2n) is 5.90. The Morgan fingerprint density at radius 2 is 1.73 bits per heavy atom. The molecule has 8 heteroatoms. The van der Waals surface area contributed by atoms with Gasteiger partial charge in [-0.3, -0.25) is 9.59 Å². The predicted molar refractivity (Wildman–Crippen MR) is 96.3 cm³/mol. The Balaban J connectivity index is 1.70. The number of carbonyl (C=O) groups excluding carboxylic acids is 2. The van der Waals surface area contributed by atoms with E-state index in [-0.39, 0.29) is 12.5 Å². The highest BCUT2D eigenvalue weighted by Crippen LogP contribution is 2.19. The number of rotatable bonds is 5. The lowest BCUT2D eigenvalue weighted by atomic mass is 10.1. The van der Waals surface area contributed by atoms with Gasteiger partial charge in [-0.2, -0.15) is 4.80 Å². The molecule has 0 aliphatic rings. The van der Waals surface area contributed by atoms with Crippen molar-refractivity contribution in [1.82, 2.24) is 20.2 Å². The van der Waals surface area contributed by atoms with Crippen LogP contribution in [0, 0.1) is 13.8 Å². The lowest BCUT2D eigenvalue weighted by Crippen LogP contribution is -2.21. The third-order valence-electron chi connectivity index (χ3n) is 3.91. The highest BCUT2D eigenvalue weighted by Gasteiger charge is 2.12. The Labute approximate surface area is 150 Å². The summed E-state index contributed by atoms with van der Waals surface area (Å²) in [5.41, 5.74) is 9.05. The molecule has 1 aromatic heterocycles. The number of tetrazole rings is 1. The highest BCUT2D eigenvalue weighted by molar-refractivity contribution is 5.93. The van der Waals surface area contributed by atoms with E-state index in [1.54, 1.807) is 24.3 Å². The van der Waals surface area contributed by atoms with Crippen molar-refractivity contribution in [2.24, 2.45) is 5.73 Å². The fourth-order valence-electron chi connectivity index (χ4n) is 2.53. The van der Waals surface area contributed by atoms with Crippen molar-refractivity contribution in [3.63, 3.8) is 0 Å². The minimum Gasteiger partial charge on any atom is -0.366 e. The van der Waals surface area contributed by atoms with Crippen LogP contribution in [-0.4, -0.2) is 32.0 Å². The van der Waals surface area contributed by atoms with Gasteiger partial charge in [0, 0.05) is 16.8 Å². The first-order valence-corrected chi connectivity index (χ1v) is 7.98. The molecule has 0 bridgehead atoms. The van der Waals surface area contributed by atoms with Crippen molar-refractivity contribution >= 4 is 17.5 Å². The van der Waals surface area contributed by atoms with E-state index in [2.05, 4.69) is 20.7 Å². The van der Waals surface area contributed by atoms with Crippen LogP contribution in [0.5, 0.6) is 0 Å². The fraction of sp³-hybridized carbons (Fsp3) is 0.167. The number of para-hydroxylation sites is 1. The van der Waals surface area contributed by atoms with Gasteiger partial charge in [0.15, 0.2) is 0 Å². The van der Waals surface area contributed by atoms with E-state index < -0.39 is 5.91 Å². The molecule has 0 atom stereocenters. The van der Waals surface area contributed by atoms with Crippen LogP contribution < -0.4 is 11.1 Å². The molecule has 2 amide bonds. The Kier molecular flexibility index (Phi) is 4.74. The van der Waals surface area contributed by atoms with E-state index in [1.807, 2.05) is 32.0 Å². The van der Waals surface area contributed by atoms with Gasteiger partial charge in [-0.1, -0.05) is 30.3 Å². The number of aryl methyl sites for hydroxylation is 2. The molecular weight excluding hydrogens is 332 g/mol. The molecule has 0 spiro atoms. The zero-order valence-corrected chi connectivity index (χ0v) is 14.4. The van der Waals surface area contributed by atoms with E-state index in [0.29, 0.717) is 17.0 Å². The van der Waals surface area contributed by atoms with Crippen molar-refractivity contribution in [2.75, 3.05) is 5.32 Å². The molecule has 3 aromatic rings. The number of amides is 2. The maximum Gasteiger partial charge on any atom is 0.248 e. The van der Waals surface area contributed by atoms with Crippen molar-refractivity contribution < 1.29 is 9.59 Å². The molecule has 26 heavy (non-hydrogen) atoms. The van der Waals surface area contributed by atoms with Crippen LogP contribution in [0.4, 0.5) is 5.69 Å². The maximum absolute atomic E-state index is 12.3. The first kappa shape index (κ1) is 17.3. The van der Waals surface area contributed by atoms with Gasteiger partial charge in [0.25, 0.3) is 0 Å². The smallest absolute Gasteiger partial charge is 0.248 e. The summed E-state index contributed by atoms with van der Waals surface area (Å²) in [7, 11) is 0. The Morgan fingerprint density at radius 3 is 2.35 bits per heavy atom. The normalized spacial score (nSPS) is 10.5. The largest absolute Gasteiger partial charge is 0.366 e. The average Bonchev–Trinajstić information content (AvgIpc) is 3.07. The van der Waals surface area contributed by atoms with Gasteiger partial charge >= 0.3 is 0 Å². The van der Waals surface area contributed by atoms with Crippen molar-refractivity contribution in [3.05, 3.63) is 59.2 Å². The summed E-state index contributed by atoms with van der Waals surface area (Å²) in [6.45, 7) is 3.81. The number of primary amides is 1. The molecule has 3 N–H and O–H groups in total. The van der Waals surface area contributed by atoms with Crippen LogP contribution >= 0.6 is 0 Å². The quantitative estimate of drug-likeness (QED) is 0.726. The zero-order valence-electron chi connectivity index (χ0n) is 14.4. The first-order valence-electron chi connectivity index (χ1n) is 7.98. The third kappa shape index (κ3) is 3.75. The molecule has 0 unspecified atom stereocenters. The predicted octanol–water partition coefficient (Wildman–Crippen LogP) is 1.69. The number of anilines is 1. The van der Waals surface area contributed by atoms with Gasteiger partial charge < -0.3 is 11.1 Å². The number of aromatic nitrogens is 4. The number of hydrogen-bond acceptors (Lipinski definition) is 5. The van der Waals surface area contributed by atoms with Gasteiger partial charge in [0.2, 0.25) is 17.6 Å². The molecule has 0 radical (unpaired) electrons. The lowest BCUT2D eigenvalue weighted by molar-refractivity contribution is -0.117. The average molecular weight is 350 g/mol. The van der Waals surface area contributed by atoms with Crippen molar-refractivity contribution in [1.29, 1.82) is 0 Å². The maximum atomic E-state index is 12.3. The van der Waals surface area contributed by atoms with E-state index in [9.17, 15) is 9.59 Å². The van der Waals surface area contributed by atoms with Gasteiger partial charge in [0.05, 0.1) is 0 Å². The summed E-state index contributed by atoms with van der Waals surface area (Å²) in [6.07, 6.45) is 0. The molecule has 0 fully saturated rings. The second-order valence-corrected chi connectivity index (χ2v) is 5.90. The van der Waals surface area contributed by atoms with Crippen LogP contribution in [0.15, 0.2) is 42.5 Å². The zero-order chi connectivity index (χ0) is 18.7. The summed E-state index contributed by atoms with van der Waals surface area (Å²) < 4.78 is 0. The number of benzene rings is 2. The van der Waals surface area contributed by atoms with Gasteiger partial charge in [-0.05, 0) is 42.3 Å². The van der Waals surface area contributed by atoms with Crippen LogP contribution in [-0.2, 0) is 11.3 Å². The summed E-state index contributed by atoms with van der Waals surface area (Å²) in [6, 6.07) is 12.3. The number of hydrogen-bond donors (Lipinski definition) is 2. The summed E-state index contributed by atoms with van der Waals surface area (Å²) in [4.78, 5) is 24.6. The van der Waals surface area contributed by atoms with Crippen LogP contribution in [0.25, 0.3) is 11.4 Å². The summed E-state index contributed by atoms with van der Waals surface area (Å²) >= 11 is 0. The summed E-state index contributed by atoms with van der Waals surface area (Å²) in [5.74, 6) is -0.382. The van der Waals surface area contributed by atoms with E-state index in [0.717, 1.165) is 16.8 Å². The van der Waals surface area contributed by atoms with Gasteiger partial charge in [-0.15, -0.1) is 10.2 Å². The molecule has 132 valence electrons. The Morgan fingerprint density at radius 1 is 1.08 bits per heavy atom. The highest BCUT2D eigenvalue weighted by atomic mass is 16.2. The lowest BCUT2D eigenvalue weighted by Gasteiger charge is -2.10. The third-order valence-corrected chi connectivity index (χ3v) is 3.91. The van der Waals surface area contributed by atoms with E-state index in [1.165, 1.54) is 4.80 Å². The van der Waals surface area contributed by atoms with Gasteiger partial charge in [-0.25, -0.2) is 0 Å². The van der Waals surface area contributed by atoms with Crippen LogP contribution in [0.1, 0.15) is 21.5 Å². The molecule has 0 saturated carbocycles. The fourth-order valence-corrected chi connectivity index (χ4v) is 2.53. The number of nitrogens with two attached hydrogens (primary N) is 1. The minimum absolute atomic E-state index is 0.0554. The molecule has 2 aromatic carbocycles. The SMILES string of the molecule is Cc1cccc(C)c1NC(=O)Cn1nnc(-c2ccc(C(N)=O)cc2)n1. The van der Waals surface area contributed by atoms with Crippen molar-refractivity contribution in [3.8, 4) is 11.4 Å². The van der Waals surface area contributed by atoms with Gasteiger partial charge in [0.1, 0.15) is 6.54 Å². The number of carbonyl (C=O) groups is 2. The topological polar surface area (TPSA) is 116 Å². The molecule has 1 heterocycles. The number of nitrogens with zero attached hydrogens (tertiary/aromatic N) is 4. The van der Waals surface area contributed by atoms with Crippen LogP contribution in [0.2, 0.25) is 0 Å². The second kappa shape index (κ2) is 7.14.